The van der Waals surface area contributed by atoms with Gasteiger partial charge in [0.05, 0.1) is 6.54 Å². The molecule has 1 aromatic rings. The van der Waals surface area contributed by atoms with Crippen LogP contribution in [0.2, 0.25) is 0 Å². The number of pyridine rings is 1. The fourth-order valence-electron chi connectivity index (χ4n) is 3.94. The summed E-state index contributed by atoms with van der Waals surface area (Å²) < 4.78 is 0. The molecule has 3 heterocycles. The van der Waals surface area contributed by atoms with Crippen molar-refractivity contribution >= 4 is 11.9 Å². The van der Waals surface area contributed by atoms with Gasteiger partial charge in [-0.05, 0) is 68.3 Å². The van der Waals surface area contributed by atoms with E-state index in [0.717, 1.165) is 37.9 Å². The molecule has 136 valence electrons. The van der Waals surface area contributed by atoms with Gasteiger partial charge in [-0.25, -0.2) is 4.79 Å². The molecule has 2 N–H and O–H groups in total. The van der Waals surface area contributed by atoms with Crippen molar-refractivity contribution in [2.75, 3.05) is 13.1 Å². The second-order valence-corrected chi connectivity index (χ2v) is 7.61. The molecule has 2 aliphatic heterocycles. The zero-order valence-electron chi connectivity index (χ0n) is 15.1. The lowest BCUT2D eigenvalue weighted by atomic mass is 9.74. The minimum Gasteiger partial charge on any atom is -0.323 e. The summed E-state index contributed by atoms with van der Waals surface area (Å²) in [7, 11) is 0. The third-order valence-corrected chi connectivity index (χ3v) is 5.44. The number of amides is 3. The van der Waals surface area contributed by atoms with E-state index < -0.39 is 5.54 Å². The van der Waals surface area contributed by atoms with E-state index in [1.165, 1.54) is 4.90 Å². The maximum Gasteiger partial charge on any atom is 0.325 e. The number of carbonyl (C=O) groups excluding carboxylic acids is 2. The molecule has 1 aromatic heterocycles. The van der Waals surface area contributed by atoms with Crippen LogP contribution in [-0.2, 0) is 11.3 Å². The summed E-state index contributed by atoms with van der Waals surface area (Å²) in [4.78, 5) is 31.4. The largest absolute Gasteiger partial charge is 0.325 e. The first-order chi connectivity index (χ1) is 12.0. The van der Waals surface area contributed by atoms with Gasteiger partial charge in [-0.1, -0.05) is 13.8 Å². The second kappa shape index (κ2) is 7.52. The summed E-state index contributed by atoms with van der Waals surface area (Å²) in [6, 6.07) is 3.43. The van der Waals surface area contributed by atoms with Gasteiger partial charge in [-0.15, -0.1) is 0 Å². The summed E-state index contributed by atoms with van der Waals surface area (Å²) in [5, 5.41) is 6.46. The molecule has 2 fully saturated rings. The van der Waals surface area contributed by atoms with Crippen LogP contribution in [-0.4, -0.2) is 40.5 Å². The van der Waals surface area contributed by atoms with Gasteiger partial charge >= 0.3 is 6.03 Å². The van der Waals surface area contributed by atoms with Gasteiger partial charge in [0.15, 0.2) is 0 Å². The fraction of sp³-hybridized carbons (Fsp3) is 0.632. The molecule has 1 unspecified atom stereocenters. The Hall–Kier alpha value is -1.95. The first-order valence-electron chi connectivity index (χ1n) is 9.26. The molecule has 6 nitrogen and oxygen atoms in total. The summed E-state index contributed by atoms with van der Waals surface area (Å²) >= 11 is 0. The van der Waals surface area contributed by atoms with Gasteiger partial charge in [-0.3, -0.25) is 14.7 Å². The van der Waals surface area contributed by atoms with Crippen LogP contribution in [0.3, 0.4) is 0 Å². The normalized spacial score (nSPS) is 24.8. The third-order valence-electron chi connectivity index (χ3n) is 5.44. The molecule has 2 aliphatic rings. The topological polar surface area (TPSA) is 74.3 Å². The maximum atomic E-state index is 13.4. The second-order valence-electron chi connectivity index (χ2n) is 7.61. The Bertz CT molecular complexity index is 613. The van der Waals surface area contributed by atoms with Crippen LogP contribution in [0.1, 0.15) is 45.1 Å². The van der Waals surface area contributed by atoms with Gasteiger partial charge in [0.1, 0.15) is 5.54 Å². The van der Waals surface area contributed by atoms with Gasteiger partial charge in [0.25, 0.3) is 5.91 Å². The average molecular weight is 344 g/mol. The molecule has 0 saturated carbocycles. The SMILES string of the molecule is CC(C)CCC1(C2CCNCC2)NC(=O)N(Cc2ccncc2)C1=O. The molecule has 0 radical (unpaired) electrons. The molecule has 2 saturated heterocycles. The maximum absolute atomic E-state index is 13.4. The molecular formula is C19H28N4O2. The number of aromatic nitrogens is 1. The molecule has 0 bridgehead atoms. The highest BCUT2D eigenvalue weighted by molar-refractivity contribution is 6.07. The predicted molar refractivity (Wildman–Crippen MR) is 95.7 cm³/mol. The number of hydrogen-bond acceptors (Lipinski definition) is 4. The van der Waals surface area contributed by atoms with E-state index >= 15 is 0 Å². The number of hydrogen-bond donors (Lipinski definition) is 2. The number of nitrogens with zero attached hydrogens (tertiary/aromatic N) is 2. The smallest absolute Gasteiger partial charge is 0.323 e. The van der Waals surface area contributed by atoms with E-state index in [0.29, 0.717) is 18.9 Å². The molecule has 3 rings (SSSR count). The standard InChI is InChI=1S/C19H28N4O2/c1-14(2)3-8-19(16-6-11-21-12-7-16)17(24)23(18(25)22-19)13-15-4-9-20-10-5-15/h4-5,9-10,14,16,21H,3,6-8,11-13H2,1-2H3,(H,22,25). The van der Waals surface area contributed by atoms with E-state index in [4.69, 9.17) is 0 Å². The Morgan fingerprint density at radius 1 is 1.24 bits per heavy atom. The van der Waals surface area contributed by atoms with Gasteiger partial charge in [0.2, 0.25) is 0 Å². The van der Waals surface area contributed by atoms with Crippen LogP contribution in [0, 0.1) is 11.8 Å². The van der Waals surface area contributed by atoms with Crippen molar-refractivity contribution in [3.8, 4) is 0 Å². The lowest BCUT2D eigenvalue weighted by molar-refractivity contribution is -0.134. The minimum atomic E-state index is -0.740. The zero-order chi connectivity index (χ0) is 17.9. The predicted octanol–water partition coefficient (Wildman–Crippen LogP) is 2.31. The number of rotatable bonds is 6. The monoisotopic (exact) mass is 344 g/mol. The number of urea groups is 1. The molecule has 25 heavy (non-hydrogen) atoms. The molecule has 6 heteroatoms. The van der Waals surface area contributed by atoms with Crippen LogP contribution in [0.4, 0.5) is 4.79 Å². The summed E-state index contributed by atoms with van der Waals surface area (Å²) in [5.41, 5.74) is 0.180. The Balaban J connectivity index is 1.84. The first-order valence-corrected chi connectivity index (χ1v) is 9.26. The van der Waals surface area contributed by atoms with E-state index in [2.05, 4.69) is 29.5 Å². The number of imide groups is 1. The fourth-order valence-corrected chi connectivity index (χ4v) is 3.94. The molecule has 1 atom stereocenters. The lowest BCUT2D eigenvalue weighted by Gasteiger charge is -2.38. The summed E-state index contributed by atoms with van der Waals surface area (Å²) in [6.07, 6.45) is 6.87. The minimum absolute atomic E-state index is 0.0538. The highest BCUT2D eigenvalue weighted by Gasteiger charge is 2.55. The van der Waals surface area contributed by atoms with E-state index in [9.17, 15) is 9.59 Å². The van der Waals surface area contributed by atoms with Crippen LogP contribution in [0.15, 0.2) is 24.5 Å². The van der Waals surface area contributed by atoms with Crippen molar-refractivity contribution < 1.29 is 9.59 Å². The van der Waals surface area contributed by atoms with Crippen molar-refractivity contribution in [2.24, 2.45) is 11.8 Å². The average Bonchev–Trinajstić information content (AvgIpc) is 2.87. The van der Waals surface area contributed by atoms with Gasteiger partial charge < -0.3 is 10.6 Å². The summed E-state index contributed by atoms with van der Waals surface area (Å²) in [6.45, 7) is 6.43. The lowest BCUT2D eigenvalue weighted by Crippen LogP contribution is -2.55. The quantitative estimate of drug-likeness (QED) is 0.777. The molecule has 0 spiro atoms. The molecule has 3 amide bonds. The highest BCUT2D eigenvalue weighted by Crippen LogP contribution is 2.37. The van der Waals surface area contributed by atoms with E-state index in [1.807, 2.05) is 12.1 Å². The van der Waals surface area contributed by atoms with Crippen molar-refractivity contribution in [2.45, 2.75) is 51.6 Å². The van der Waals surface area contributed by atoms with E-state index in [1.54, 1.807) is 12.4 Å². The molecular weight excluding hydrogens is 316 g/mol. The van der Waals surface area contributed by atoms with Crippen LogP contribution >= 0.6 is 0 Å². The Kier molecular flexibility index (Phi) is 5.37. The van der Waals surface area contributed by atoms with Crippen molar-refractivity contribution in [3.63, 3.8) is 0 Å². The first kappa shape index (κ1) is 17.9. The van der Waals surface area contributed by atoms with Crippen molar-refractivity contribution in [1.82, 2.24) is 20.5 Å². The highest BCUT2D eigenvalue weighted by atomic mass is 16.2. The Morgan fingerprint density at radius 2 is 1.92 bits per heavy atom. The van der Waals surface area contributed by atoms with Crippen molar-refractivity contribution in [3.05, 3.63) is 30.1 Å². The number of piperidine rings is 1. The number of carbonyl (C=O) groups is 2. The van der Waals surface area contributed by atoms with Crippen LogP contribution in [0.25, 0.3) is 0 Å². The molecule has 0 aromatic carbocycles. The van der Waals surface area contributed by atoms with Crippen LogP contribution in [0.5, 0.6) is 0 Å². The van der Waals surface area contributed by atoms with Crippen LogP contribution < -0.4 is 10.6 Å². The third kappa shape index (κ3) is 3.68. The van der Waals surface area contributed by atoms with Crippen molar-refractivity contribution in [1.29, 1.82) is 0 Å². The summed E-state index contributed by atoms with van der Waals surface area (Å²) in [5.74, 6) is 0.644. The Morgan fingerprint density at radius 3 is 2.56 bits per heavy atom. The zero-order valence-corrected chi connectivity index (χ0v) is 15.1. The molecule has 0 aliphatic carbocycles. The Labute approximate surface area is 149 Å². The number of nitrogens with one attached hydrogen (secondary N) is 2. The van der Waals surface area contributed by atoms with Gasteiger partial charge in [-0.2, -0.15) is 0 Å². The van der Waals surface area contributed by atoms with E-state index in [-0.39, 0.29) is 17.9 Å². The van der Waals surface area contributed by atoms with Gasteiger partial charge in [0, 0.05) is 12.4 Å².